The van der Waals surface area contributed by atoms with Gasteiger partial charge in [0, 0.05) is 24.5 Å². The Hall–Kier alpha value is -3.04. The second kappa shape index (κ2) is 9.64. The molecule has 0 radical (unpaired) electrons. The maximum absolute atomic E-state index is 12.4. The van der Waals surface area contributed by atoms with Gasteiger partial charge in [0.15, 0.2) is 5.16 Å². The summed E-state index contributed by atoms with van der Waals surface area (Å²) in [6, 6.07) is 15.5. The predicted octanol–water partition coefficient (Wildman–Crippen LogP) is 2.84. The maximum Gasteiger partial charge on any atom is 0.234 e. The fraction of sp³-hybridized carbons (Fsp3) is 0.286. The van der Waals surface area contributed by atoms with Crippen molar-refractivity contribution < 1.29 is 14.3 Å². The number of hydrogen-bond acceptors (Lipinski definition) is 7. The summed E-state index contributed by atoms with van der Waals surface area (Å²) in [7, 11) is 1.62. The number of morpholine rings is 1. The molecule has 1 aliphatic rings. The molecule has 1 aliphatic heterocycles. The first kappa shape index (κ1) is 20.2. The largest absolute Gasteiger partial charge is 0.495 e. The highest BCUT2D eigenvalue weighted by Crippen LogP contribution is 2.26. The SMILES string of the molecule is COc1ccccc1-n1cnnc1SCC(=O)Nc1ccc(N2CCOCC2)cc1. The van der Waals surface area contributed by atoms with E-state index in [4.69, 9.17) is 9.47 Å². The Labute approximate surface area is 179 Å². The molecule has 0 saturated carbocycles. The van der Waals surface area contributed by atoms with Gasteiger partial charge in [0.05, 0.1) is 31.8 Å². The van der Waals surface area contributed by atoms with Gasteiger partial charge in [-0.05, 0) is 36.4 Å². The fourth-order valence-electron chi connectivity index (χ4n) is 3.22. The molecule has 1 aromatic heterocycles. The smallest absolute Gasteiger partial charge is 0.234 e. The molecule has 0 aliphatic carbocycles. The average Bonchev–Trinajstić information content (AvgIpc) is 3.27. The molecular formula is C21H23N5O3S. The van der Waals surface area contributed by atoms with Crippen molar-refractivity contribution in [1.29, 1.82) is 0 Å². The summed E-state index contributed by atoms with van der Waals surface area (Å²) in [5.41, 5.74) is 2.73. The molecule has 1 N–H and O–H groups in total. The van der Waals surface area contributed by atoms with Gasteiger partial charge in [0.1, 0.15) is 12.1 Å². The minimum atomic E-state index is -0.103. The van der Waals surface area contributed by atoms with E-state index in [-0.39, 0.29) is 11.7 Å². The molecule has 4 rings (SSSR count). The Bertz CT molecular complexity index is 986. The van der Waals surface area contributed by atoms with E-state index in [2.05, 4.69) is 20.4 Å². The van der Waals surface area contributed by atoms with Gasteiger partial charge in [-0.25, -0.2) is 0 Å². The van der Waals surface area contributed by atoms with E-state index >= 15 is 0 Å². The Morgan fingerprint density at radius 2 is 1.93 bits per heavy atom. The molecule has 2 aromatic carbocycles. The quantitative estimate of drug-likeness (QED) is 0.583. The van der Waals surface area contributed by atoms with E-state index < -0.39 is 0 Å². The van der Waals surface area contributed by atoms with Crippen molar-refractivity contribution in [3.05, 3.63) is 54.9 Å². The van der Waals surface area contributed by atoms with Crippen molar-refractivity contribution in [3.8, 4) is 11.4 Å². The molecule has 1 amide bonds. The van der Waals surface area contributed by atoms with Crippen LogP contribution in [0, 0.1) is 0 Å². The number of amides is 1. The lowest BCUT2D eigenvalue weighted by molar-refractivity contribution is -0.113. The molecule has 8 nitrogen and oxygen atoms in total. The summed E-state index contributed by atoms with van der Waals surface area (Å²) in [6.45, 7) is 3.26. The standard InChI is InChI=1S/C21H23N5O3S/c1-28-19-5-3-2-4-18(19)26-15-22-24-21(26)30-14-20(27)23-16-6-8-17(9-7-16)25-10-12-29-13-11-25/h2-9,15H,10-14H2,1H3,(H,23,27). The Morgan fingerprint density at radius 3 is 2.70 bits per heavy atom. The molecule has 2 heterocycles. The van der Waals surface area contributed by atoms with E-state index in [1.807, 2.05) is 53.1 Å². The summed E-state index contributed by atoms with van der Waals surface area (Å²) in [5, 5.41) is 11.7. The van der Waals surface area contributed by atoms with Crippen molar-refractivity contribution in [2.45, 2.75) is 5.16 Å². The first-order valence-corrected chi connectivity index (χ1v) is 10.6. The Morgan fingerprint density at radius 1 is 1.17 bits per heavy atom. The summed E-state index contributed by atoms with van der Waals surface area (Å²) < 4.78 is 12.6. The lowest BCUT2D eigenvalue weighted by Gasteiger charge is -2.28. The van der Waals surface area contributed by atoms with Crippen LogP contribution in [-0.4, -0.2) is 59.8 Å². The molecule has 0 atom stereocenters. The van der Waals surface area contributed by atoms with Crippen LogP contribution in [0.5, 0.6) is 5.75 Å². The van der Waals surface area contributed by atoms with Gasteiger partial charge < -0.3 is 19.7 Å². The van der Waals surface area contributed by atoms with Crippen LogP contribution in [0.4, 0.5) is 11.4 Å². The van der Waals surface area contributed by atoms with Crippen molar-refractivity contribution in [3.63, 3.8) is 0 Å². The number of carbonyl (C=O) groups is 1. The summed E-state index contributed by atoms with van der Waals surface area (Å²) in [6.07, 6.45) is 1.61. The number of benzene rings is 2. The first-order valence-electron chi connectivity index (χ1n) is 9.63. The van der Waals surface area contributed by atoms with Crippen molar-refractivity contribution in [1.82, 2.24) is 14.8 Å². The molecule has 156 valence electrons. The number of anilines is 2. The third kappa shape index (κ3) is 4.74. The van der Waals surface area contributed by atoms with E-state index in [1.54, 1.807) is 13.4 Å². The number of ether oxygens (including phenoxy) is 2. The van der Waals surface area contributed by atoms with Gasteiger partial charge in [-0.15, -0.1) is 10.2 Å². The summed E-state index contributed by atoms with van der Waals surface area (Å²) >= 11 is 1.32. The van der Waals surface area contributed by atoms with Gasteiger partial charge in [0.2, 0.25) is 5.91 Å². The Balaban J connectivity index is 1.35. The van der Waals surface area contributed by atoms with Gasteiger partial charge >= 0.3 is 0 Å². The predicted molar refractivity (Wildman–Crippen MR) is 117 cm³/mol. The van der Waals surface area contributed by atoms with Gasteiger partial charge in [-0.1, -0.05) is 23.9 Å². The number of hydrogen-bond donors (Lipinski definition) is 1. The van der Waals surface area contributed by atoms with E-state index in [9.17, 15) is 4.79 Å². The number of para-hydroxylation sites is 2. The second-order valence-corrected chi connectivity index (χ2v) is 7.58. The van der Waals surface area contributed by atoms with Crippen LogP contribution >= 0.6 is 11.8 Å². The number of aromatic nitrogens is 3. The number of carbonyl (C=O) groups excluding carboxylic acids is 1. The number of methoxy groups -OCH3 is 1. The number of thioether (sulfide) groups is 1. The summed E-state index contributed by atoms with van der Waals surface area (Å²) in [4.78, 5) is 14.7. The second-order valence-electron chi connectivity index (χ2n) is 6.64. The van der Waals surface area contributed by atoms with E-state index in [1.165, 1.54) is 11.8 Å². The normalized spacial score (nSPS) is 13.8. The molecule has 0 spiro atoms. The van der Waals surface area contributed by atoms with Gasteiger partial charge in [0.25, 0.3) is 0 Å². The van der Waals surface area contributed by atoms with Crippen molar-refractivity contribution in [2.75, 3.05) is 49.4 Å². The van der Waals surface area contributed by atoms with Crippen molar-refractivity contribution in [2.24, 2.45) is 0 Å². The zero-order valence-corrected chi connectivity index (χ0v) is 17.5. The molecule has 0 unspecified atom stereocenters. The third-order valence-electron chi connectivity index (χ3n) is 4.72. The monoisotopic (exact) mass is 425 g/mol. The van der Waals surface area contributed by atoms with Crippen LogP contribution in [0.15, 0.2) is 60.0 Å². The number of nitrogens with zero attached hydrogens (tertiary/aromatic N) is 4. The van der Waals surface area contributed by atoms with Crippen LogP contribution in [0.2, 0.25) is 0 Å². The fourth-order valence-corrected chi connectivity index (χ4v) is 3.94. The first-order chi connectivity index (χ1) is 14.7. The minimum absolute atomic E-state index is 0.103. The lowest BCUT2D eigenvalue weighted by Crippen LogP contribution is -2.36. The van der Waals surface area contributed by atoms with Gasteiger partial charge in [-0.3, -0.25) is 9.36 Å². The zero-order valence-electron chi connectivity index (χ0n) is 16.7. The number of rotatable bonds is 7. The minimum Gasteiger partial charge on any atom is -0.495 e. The van der Waals surface area contributed by atoms with Crippen LogP contribution in [-0.2, 0) is 9.53 Å². The third-order valence-corrected chi connectivity index (χ3v) is 5.66. The topological polar surface area (TPSA) is 81.5 Å². The van der Waals surface area contributed by atoms with E-state index in [0.717, 1.165) is 43.4 Å². The Kier molecular flexibility index (Phi) is 6.50. The molecule has 1 saturated heterocycles. The zero-order chi connectivity index (χ0) is 20.8. The number of nitrogens with one attached hydrogen (secondary N) is 1. The maximum atomic E-state index is 12.4. The van der Waals surface area contributed by atoms with Crippen LogP contribution in [0.3, 0.4) is 0 Å². The molecular weight excluding hydrogens is 402 g/mol. The van der Waals surface area contributed by atoms with Crippen LogP contribution in [0.1, 0.15) is 0 Å². The average molecular weight is 426 g/mol. The highest BCUT2D eigenvalue weighted by Gasteiger charge is 2.14. The highest BCUT2D eigenvalue weighted by atomic mass is 32.2. The molecule has 30 heavy (non-hydrogen) atoms. The molecule has 9 heteroatoms. The molecule has 3 aromatic rings. The van der Waals surface area contributed by atoms with Crippen molar-refractivity contribution >= 4 is 29.0 Å². The van der Waals surface area contributed by atoms with Gasteiger partial charge in [-0.2, -0.15) is 0 Å². The summed E-state index contributed by atoms with van der Waals surface area (Å²) in [5.74, 6) is 0.830. The molecule has 0 bridgehead atoms. The lowest BCUT2D eigenvalue weighted by atomic mass is 10.2. The van der Waals surface area contributed by atoms with E-state index in [0.29, 0.717) is 10.9 Å². The highest BCUT2D eigenvalue weighted by molar-refractivity contribution is 7.99. The van der Waals surface area contributed by atoms with Crippen LogP contribution < -0.4 is 15.0 Å². The molecule has 1 fully saturated rings. The van der Waals surface area contributed by atoms with Crippen LogP contribution in [0.25, 0.3) is 5.69 Å².